The molecule has 0 amide bonds. The Balaban J connectivity index is 1.95. The van der Waals surface area contributed by atoms with Gasteiger partial charge in [0.25, 0.3) is 0 Å². The van der Waals surface area contributed by atoms with Crippen LogP contribution < -0.4 is 0 Å². The molecule has 0 fully saturated rings. The van der Waals surface area contributed by atoms with Crippen molar-refractivity contribution in [2.75, 3.05) is 0 Å². The zero-order valence-electron chi connectivity index (χ0n) is 11.5. The average molecular weight is 263 g/mol. The summed E-state index contributed by atoms with van der Waals surface area (Å²) >= 11 is 0. The van der Waals surface area contributed by atoms with Gasteiger partial charge in [-0.3, -0.25) is 9.79 Å². The van der Waals surface area contributed by atoms with E-state index in [0.717, 1.165) is 16.8 Å². The van der Waals surface area contributed by atoms with Crippen molar-refractivity contribution in [3.63, 3.8) is 0 Å². The van der Waals surface area contributed by atoms with Crippen LogP contribution in [-0.4, -0.2) is 12.0 Å². The Labute approximate surface area is 119 Å². The first-order valence-electron chi connectivity index (χ1n) is 6.60. The van der Waals surface area contributed by atoms with Gasteiger partial charge in [-0.15, -0.1) is 0 Å². The zero-order valence-corrected chi connectivity index (χ0v) is 11.5. The number of carbonyl (C=O) groups excluding carboxylic acids is 1. The fourth-order valence-electron chi connectivity index (χ4n) is 1.79. The third-order valence-corrected chi connectivity index (χ3v) is 2.90. The van der Waals surface area contributed by atoms with Crippen molar-refractivity contribution in [2.45, 2.75) is 13.3 Å². The first kappa shape index (κ1) is 13.9. The normalized spacial score (nSPS) is 11.8. The maximum Gasteiger partial charge on any atom is 0.163 e. The molecule has 2 rings (SSSR count). The number of hydrogen-bond donors (Lipinski definition) is 0. The molecule has 0 atom stereocenters. The van der Waals surface area contributed by atoms with E-state index >= 15 is 0 Å². The SMILES string of the molecule is CC(=Cc1ccccc1)C(=O)CC=Nc1ccccc1. The van der Waals surface area contributed by atoms with Crippen LogP contribution in [0.5, 0.6) is 0 Å². The second kappa shape index (κ2) is 7.19. The monoisotopic (exact) mass is 263 g/mol. The summed E-state index contributed by atoms with van der Waals surface area (Å²) in [4.78, 5) is 16.2. The second-order valence-electron chi connectivity index (χ2n) is 4.51. The number of para-hydroxylation sites is 1. The lowest BCUT2D eigenvalue weighted by atomic mass is 10.1. The first-order chi connectivity index (χ1) is 9.75. The summed E-state index contributed by atoms with van der Waals surface area (Å²) in [5.74, 6) is 0.0912. The second-order valence-corrected chi connectivity index (χ2v) is 4.51. The molecule has 0 spiro atoms. The van der Waals surface area contributed by atoms with Crippen LogP contribution in [0.4, 0.5) is 5.69 Å². The third-order valence-electron chi connectivity index (χ3n) is 2.90. The molecule has 0 N–H and O–H groups in total. The maximum atomic E-state index is 12.0. The van der Waals surface area contributed by atoms with Crippen molar-refractivity contribution >= 4 is 23.8 Å². The molecule has 0 saturated heterocycles. The summed E-state index contributed by atoms with van der Waals surface area (Å²) in [6.45, 7) is 1.84. The molecule has 0 saturated carbocycles. The molecule has 0 unspecified atom stereocenters. The predicted octanol–water partition coefficient (Wildman–Crippen LogP) is 4.45. The van der Waals surface area contributed by atoms with Gasteiger partial charge in [-0.05, 0) is 36.3 Å². The quantitative estimate of drug-likeness (QED) is 0.578. The number of carbonyl (C=O) groups is 1. The minimum atomic E-state index is 0.0912. The molecule has 0 bridgehead atoms. The van der Waals surface area contributed by atoms with Gasteiger partial charge in [0.15, 0.2) is 5.78 Å². The van der Waals surface area contributed by atoms with Crippen LogP contribution in [0.15, 0.2) is 71.2 Å². The zero-order chi connectivity index (χ0) is 14.2. The highest BCUT2D eigenvalue weighted by atomic mass is 16.1. The van der Waals surface area contributed by atoms with Crippen molar-refractivity contribution in [2.24, 2.45) is 4.99 Å². The van der Waals surface area contributed by atoms with Crippen LogP contribution in [0.2, 0.25) is 0 Å². The van der Waals surface area contributed by atoms with E-state index in [1.807, 2.05) is 73.7 Å². The summed E-state index contributed by atoms with van der Waals surface area (Å²) in [7, 11) is 0. The molecule has 0 aliphatic carbocycles. The van der Waals surface area contributed by atoms with E-state index in [1.54, 1.807) is 6.21 Å². The Bertz CT molecular complexity index is 612. The lowest BCUT2D eigenvalue weighted by Gasteiger charge is -1.98. The summed E-state index contributed by atoms with van der Waals surface area (Å²) in [5, 5.41) is 0. The van der Waals surface area contributed by atoms with Gasteiger partial charge in [0.05, 0.1) is 5.69 Å². The smallest absolute Gasteiger partial charge is 0.163 e. The minimum Gasteiger partial charge on any atom is -0.294 e. The minimum absolute atomic E-state index is 0.0912. The molecule has 2 aromatic rings. The number of rotatable bonds is 5. The molecule has 2 aromatic carbocycles. The largest absolute Gasteiger partial charge is 0.294 e. The van der Waals surface area contributed by atoms with E-state index < -0.39 is 0 Å². The van der Waals surface area contributed by atoms with Crippen molar-refractivity contribution < 1.29 is 4.79 Å². The summed E-state index contributed by atoms with van der Waals surface area (Å²) in [6.07, 6.45) is 3.89. The maximum absolute atomic E-state index is 12.0. The fraction of sp³-hybridized carbons (Fsp3) is 0.111. The number of nitrogens with zero attached hydrogens (tertiary/aromatic N) is 1. The molecular formula is C18H17NO. The van der Waals surface area contributed by atoms with E-state index in [4.69, 9.17) is 0 Å². The van der Waals surface area contributed by atoms with Gasteiger partial charge in [-0.1, -0.05) is 48.5 Å². The number of aliphatic imine (C=N–C) groups is 1. The van der Waals surface area contributed by atoms with Crippen molar-refractivity contribution in [1.82, 2.24) is 0 Å². The number of ketones is 1. The number of benzene rings is 2. The summed E-state index contributed by atoms with van der Waals surface area (Å²) < 4.78 is 0. The van der Waals surface area contributed by atoms with Crippen molar-refractivity contribution in [3.8, 4) is 0 Å². The van der Waals surface area contributed by atoms with Gasteiger partial charge < -0.3 is 0 Å². The molecule has 2 nitrogen and oxygen atoms in total. The topological polar surface area (TPSA) is 29.4 Å². The van der Waals surface area contributed by atoms with E-state index in [2.05, 4.69) is 4.99 Å². The highest BCUT2D eigenvalue weighted by Crippen LogP contribution is 2.10. The van der Waals surface area contributed by atoms with Crippen molar-refractivity contribution in [3.05, 3.63) is 71.8 Å². The molecule has 0 aliphatic rings. The Hall–Kier alpha value is -2.48. The van der Waals surface area contributed by atoms with E-state index in [0.29, 0.717) is 6.42 Å². The Kier molecular flexibility index (Phi) is 5.01. The number of Topliss-reactive ketones (excluding diaryl/α,β-unsaturated/α-hetero) is 1. The van der Waals surface area contributed by atoms with Crippen LogP contribution >= 0.6 is 0 Å². The Morgan fingerprint density at radius 3 is 2.25 bits per heavy atom. The van der Waals surface area contributed by atoms with Gasteiger partial charge in [0, 0.05) is 12.6 Å². The summed E-state index contributed by atoms with van der Waals surface area (Å²) in [6, 6.07) is 19.5. The predicted molar refractivity (Wildman–Crippen MR) is 84.3 cm³/mol. The molecular weight excluding hydrogens is 246 g/mol. The van der Waals surface area contributed by atoms with Gasteiger partial charge >= 0.3 is 0 Å². The van der Waals surface area contributed by atoms with E-state index in [-0.39, 0.29) is 5.78 Å². The average Bonchev–Trinajstić information content (AvgIpc) is 2.49. The van der Waals surface area contributed by atoms with E-state index in [9.17, 15) is 4.79 Å². The van der Waals surface area contributed by atoms with Gasteiger partial charge in [-0.2, -0.15) is 0 Å². The third kappa shape index (κ3) is 4.32. The first-order valence-corrected chi connectivity index (χ1v) is 6.60. The lowest BCUT2D eigenvalue weighted by Crippen LogP contribution is -1.99. The highest BCUT2D eigenvalue weighted by molar-refractivity contribution is 6.05. The van der Waals surface area contributed by atoms with Crippen molar-refractivity contribution in [1.29, 1.82) is 0 Å². The van der Waals surface area contributed by atoms with Crippen LogP contribution in [0.3, 0.4) is 0 Å². The Morgan fingerprint density at radius 2 is 1.60 bits per heavy atom. The lowest BCUT2D eigenvalue weighted by molar-refractivity contribution is -0.114. The molecule has 0 aliphatic heterocycles. The fourth-order valence-corrected chi connectivity index (χ4v) is 1.79. The van der Waals surface area contributed by atoms with Gasteiger partial charge in [-0.25, -0.2) is 0 Å². The standard InChI is InChI=1S/C18H17NO/c1-15(14-16-8-4-2-5-9-16)18(20)12-13-19-17-10-6-3-7-11-17/h2-11,13-14H,12H2,1H3. The molecule has 0 radical (unpaired) electrons. The van der Waals surface area contributed by atoms with Crippen LogP contribution in [-0.2, 0) is 4.79 Å². The van der Waals surface area contributed by atoms with Crippen LogP contribution in [0.25, 0.3) is 6.08 Å². The molecule has 0 aromatic heterocycles. The highest BCUT2D eigenvalue weighted by Gasteiger charge is 2.02. The molecule has 0 heterocycles. The van der Waals surface area contributed by atoms with Gasteiger partial charge in [0.2, 0.25) is 0 Å². The van der Waals surface area contributed by atoms with Gasteiger partial charge in [0.1, 0.15) is 0 Å². The molecule has 20 heavy (non-hydrogen) atoms. The number of allylic oxidation sites excluding steroid dienone is 1. The Morgan fingerprint density at radius 1 is 1.00 bits per heavy atom. The van der Waals surface area contributed by atoms with Crippen LogP contribution in [0, 0.1) is 0 Å². The van der Waals surface area contributed by atoms with E-state index in [1.165, 1.54) is 0 Å². The molecule has 2 heteroatoms. The summed E-state index contributed by atoms with van der Waals surface area (Å²) in [5.41, 5.74) is 2.65. The van der Waals surface area contributed by atoms with Crippen LogP contribution in [0.1, 0.15) is 18.9 Å². The molecule has 100 valence electrons. The number of hydrogen-bond acceptors (Lipinski definition) is 2.